The van der Waals surface area contributed by atoms with Crippen LogP contribution in [-0.4, -0.2) is 60.7 Å². The molecular formula is C25H26F3N5O2. The van der Waals surface area contributed by atoms with E-state index in [4.69, 9.17) is 0 Å². The van der Waals surface area contributed by atoms with Gasteiger partial charge >= 0.3 is 12.2 Å². The van der Waals surface area contributed by atoms with Gasteiger partial charge < -0.3 is 25.0 Å². The molecule has 2 saturated heterocycles. The highest BCUT2D eigenvalue weighted by molar-refractivity contribution is 5.86. The Balaban J connectivity index is 1.24. The number of halogens is 3. The standard InChI is InChI=1S/C25H26F3N5O2/c1-16-13-33(22-6-5-18(11-21(16)22)25(26,27)28)20-4-2-3-19(12-20)32-14-17(15-32)23(34)29-7-9-31-10-8-30-24(31)35/h2-6,11-13,17H,7-10,14-15H2,1H3,(H,29,34)(H,30,35). The molecule has 3 heterocycles. The van der Waals surface area contributed by atoms with Crippen LogP contribution in [0.15, 0.2) is 48.7 Å². The average molecular weight is 486 g/mol. The minimum Gasteiger partial charge on any atom is -0.370 e. The molecule has 0 atom stereocenters. The Labute approximate surface area is 200 Å². The zero-order valence-corrected chi connectivity index (χ0v) is 19.2. The number of amides is 3. The molecule has 3 aromatic rings. The molecule has 5 rings (SSSR count). The third kappa shape index (κ3) is 4.52. The summed E-state index contributed by atoms with van der Waals surface area (Å²) in [6.07, 6.45) is -2.54. The molecule has 0 radical (unpaired) electrons. The van der Waals surface area contributed by atoms with Gasteiger partial charge in [0.2, 0.25) is 5.91 Å². The third-order valence-corrected chi connectivity index (χ3v) is 6.68. The Morgan fingerprint density at radius 1 is 1.14 bits per heavy atom. The summed E-state index contributed by atoms with van der Waals surface area (Å²) in [6.45, 7) is 5.18. The number of nitrogens with one attached hydrogen (secondary N) is 2. The largest absolute Gasteiger partial charge is 0.416 e. The Morgan fingerprint density at radius 2 is 1.91 bits per heavy atom. The van der Waals surface area contributed by atoms with E-state index >= 15 is 0 Å². The smallest absolute Gasteiger partial charge is 0.370 e. The molecule has 0 spiro atoms. The Morgan fingerprint density at radius 3 is 2.63 bits per heavy atom. The summed E-state index contributed by atoms with van der Waals surface area (Å²) in [5, 5.41) is 6.21. The molecule has 3 amide bonds. The van der Waals surface area contributed by atoms with Crippen molar-refractivity contribution in [2.45, 2.75) is 13.1 Å². The maximum atomic E-state index is 13.1. The topological polar surface area (TPSA) is 69.6 Å². The number of aryl methyl sites for hydroxylation is 1. The zero-order chi connectivity index (χ0) is 24.7. The van der Waals surface area contributed by atoms with Crippen LogP contribution in [-0.2, 0) is 11.0 Å². The second-order valence-corrected chi connectivity index (χ2v) is 9.04. The summed E-state index contributed by atoms with van der Waals surface area (Å²) in [7, 11) is 0. The van der Waals surface area contributed by atoms with Crippen LogP contribution < -0.4 is 15.5 Å². The number of anilines is 1. The van der Waals surface area contributed by atoms with Crippen LogP contribution in [0.1, 0.15) is 11.1 Å². The maximum Gasteiger partial charge on any atom is 0.416 e. The summed E-state index contributed by atoms with van der Waals surface area (Å²) < 4.78 is 41.3. The fraction of sp³-hybridized carbons (Fsp3) is 0.360. The fourth-order valence-electron chi connectivity index (χ4n) is 4.66. The monoisotopic (exact) mass is 485 g/mol. The van der Waals surface area contributed by atoms with Gasteiger partial charge in [-0.25, -0.2) is 4.79 Å². The summed E-state index contributed by atoms with van der Waals surface area (Å²) in [5.41, 5.74) is 2.61. The van der Waals surface area contributed by atoms with Crippen LogP contribution in [0.4, 0.5) is 23.7 Å². The number of carbonyl (C=O) groups is 2. The molecular weight excluding hydrogens is 459 g/mol. The minimum atomic E-state index is -4.38. The van der Waals surface area contributed by atoms with Crippen LogP contribution in [0.5, 0.6) is 0 Å². The van der Waals surface area contributed by atoms with E-state index in [1.807, 2.05) is 35.0 Å². The van der Waals surface area contributed by atoms with Crippen molar-refractivity contribution in [1.82, 2.24) is 20.1 Å². The van der Waals surface area contributed by atoms with Crippen LogP contribution in [0.2, 0.25) is 0 Å². The number of alkyl halides is 3. The lowest BCUT2D eigenvalue weighted by Gasteiger charge is -2.40. The highest BCUT2D eigenvalue weighted by Gasteiger charge is 2.33. The number of hydrogen-bond donors (Lipinski definition) is 2. The molecule has 0 bridgehead atoms. The van der Waals surface area contributed by atoms with Gasteiger partial charge in [-0.05, 0) is 48.9 Å². The number of carbonyl (C=O) groups excluding carboxylic acids is 2. The van der Waals surface area contributed by atoms with E-state index in [2.05, 4.69) is 15.5 Å². The van der Waals surface area contributed by atoms with E-state index < -0.39 is 11.7 Å². The summed E-state index contributed by atoms with van der Waals surface area (Å²) in [6, 6.07) is 11.5. The van der Waals surface area contributed by atoms with Gasteiger partial charge in [0.1, 0.15) is 0 Å². The molecule has 184 valence electrons. The fourth-order valence-corrected chi connectivity index (χ4v) is 4.66. The predicted octanol–water partition coefficient (Wildman–Crippen LogP) is 3.54. The van der Waals surface area contributed by atoms with Crippen molar-refractivity contribution in [2.75, 3.05) is 44.2 Å². The quantitative estimate of drug-likeness (QED) is 0.561. The molecule has 7 nitrogen and oxygen atoms in total. The van der Waals surface area contributed by atoms with Gasteiger partial charge in [-0.1, -0.05) is 6.07 Å². The number of rotatable bonds is 6. The molecule has 2 aliphatic heterocycles. The van der Waals surface area contributed by atoms with Crippen molar-refractivity contribution >= 4 is 28.5 Å². The summed E-state index contributed by atoms with van der Waals surface area (Å²) in [5.74, 6) is -0.147. The van der Waals surface area contributed by atoms with Crippen molar-refractivity contribution in [3.05, 3.63) is 59.8 Å². The van der Waals surface area contributed by atoms with E-state index in [1.54, 1.807) is 11.8 Å². The highest BCUT2D eigenvalue weighted by atomic mass is 19.4. The van der Waals surface area contributed by atoms with Gasteiger partial charge in [-0.15, -0.1) is 0 Å². The molecule has 0 aliphatic carbocycles. The van der Waals surface area contributed by atoms with Gasteiger partial charge in [0.15, 0.2) is 0 Å². The summed E-state index contributed by atoms with van der Waals surface area (Å²) >= 11 is 0. The Hall–Kier alpha value is -3.69. The van der Waals surface area contributed by atoms with Crippen molar-refractivity contribution < 1.29 is 22.8 Å². The van der Waals surface area contributed by atoms with Crippen molar-refractivity contribution in [3.8, 4) is 5.69 Å². The van der Waals surface area contributed by atoms with E-state index in [0.29, 0.717) is 50.2 Å². The first-order valence-corrected chi connectivity index (χ1v) is 11.6. The van der Waals surface area contributed by atoms with Gasteiger partial charge in [0.05, 0.1) is 17.0 Å². The van der Waals surface area contributed by atoms with E-state index in [-0.39, 0.29) is 17.9 Å². The lowest BCUT2D eigenvalue weighted by molar-refractivity contribution is -0.137. The number of urea groups is 1. The van der Waals surface area contributed by atoms with Crippen LogP contribution in [0.25, 0.3) is 16.6 Å². The molecule has 2 fully saturated rings. The highest BCUT2D eigenvalue weighted by Crippen LogP contribution is 2.34. The molecule has 2 aromatic carbocycles. The minimum absolute atomic E-state index is 0.0236. The second-order valence-electron chi connectivity index (χ2n) is 9.04. The van der Waals surface area contributed by atoms with E-state index in [9.17, 15) is 22.8 Å². The Bertz CT molecular complexity index is 1280. The lowest BCUT2D eigenvalue weighted by Crippen LogP contribution is -2.54. The number of hydrogen-bond acceptors (Lipinski definition) is 3. The van der Waals surface area contributed by atoms with Gasteiger partial charge in [-0.3, -0.25) is 4.79 Å². The number of benzene rings is 2. The molecule has 0 unspecified atom stereocenters. The molecule has 2 aliphatic rings. The van der Waals surface area contributed by atoms with Gasteiger partial charge in [0.25, 0.3) is 0 Å². The van der Waals surface area contributed by atoms with E-state index in [1.165, 1.54) is 12.1 Å². The number of aromatic nitrogens is 1. The number of nitrogens with zero attached hydrogens (tertiary/aromatic N) is 3. The van der Waals surface area contributed by atoms with Crippen LogP contribution in [0.3, 0.4) is 0 Å². The molecule has 10 heteroatoms. The first kappa shape index (κ1) is 23.1. The normalized spacial score (nSPS) is 16.5. The molecule has 35 heavy (non-hydrogen) atoms. The Kier molecular flexibility index (Phi) is 5.82. The first-order valence-electron chi connectivity index (χ1n) is 11.6. The maximum absolute atomic E-state index is 13.1. The van der Waals surface area contributed by atoms with Crippen LogP contribution in [0, 0.1) is 12.8 Å². The summed E-state index contributed by atoms with van der Waals surface area (Å²) in [4.78, 5) is 27.8. The molecule has 0 saturated carbocycles. The van der Waals surface area contributed by atoms with Crippen LogP contribution >= 0.6 is 0 Å². The van der Waals surface area contributed by atoms with Gasteiger partial charge in [0, 0.05) is 62.2 Å². The molecule has 1 aromatic heterocycles. The average Bonchev–Trinajstić information content (AvgIpc) is 3.35. The van der Waals surface area contributed by atoms with E-state index in [0.717, 1.165) is 23.0 Å². The van der Waals surface area contributed by atoms with Gasteiger partial charge in [-0.2, -0.15) is 13.2 Å². The predicted molar refractivity (Wildman–Crippen MR) is 127 cm³/mol. The molecule has 2 N–H and O–H groups in total. The SMILES string of the molecule is Cc1cn(-c2cccc(N3CC(C(=O)NCCN4CCNC4=O)C3)c2)c2ccc(C(F)(F)F)cc12. The first-order chi connectivity index (χ1) is 16.7. The lowest BCUT2D eigenvalue weighted by atomic mass is 9.98. The third-order valence-electron chi connectivity index (χ3n) is 6.68. The zero-order valence-electron chi connectivity index (χ0n) is 19.2. The van der Waals surface area contributed by atoms with Crippen molar-refractivity contribution in [1.29, 1.82) is 0 Å². The van der Waals surface area contributed by atoms with Crippen molar-refractivity contribution in [2.24, 2.45) is 5.92 Å². The number of fused-ring (bicyclic) bond motifs is 1. The second kappa shape index (κ2) is 8.83. The van der Waals surface area contributed by atoms with Crippen molar-refractivity contribution in [3.63, 3.8) is 0 Å².